The first kappa shape index (κ1) is 22.6. The maximum Gasteiger partial charge on any atom is 0.255 e. The van der Waals surface area contributed by atoms with E-state index in [1.807, 2.05) is 0 Å². The maximum absolute atomic E-state index is 12.3. The number of carbonyl (C=O) groups excluding carboxylic acids is 4. The van der Waals surface area contributed by atoms with Crippen molar-refractivity contribution in [1.29, 1.82) is 0 Å². The quantitative estimate of drug-likeness (QED) is 0.670. The maximum atomic E-state index is 12.3. The lowest BCUT2D eigenvalue weighted by atomic mass is 10.3. The molecule has 32 heavy (non-hydrogen) atoms. The highest BCUT2D eigenvalue weighted by molar-refractivity contribution is 6.20. The van der Waals surface area contributed by atoms with Crippen LogP contribution in [0.4, 0.5) is 11.4 Å². The minimum absolute atomic E-state index is 0.0208. The van der Waals surface area contributed by atoms with E-state index in [0.29, 0.717) is 22.9 Å². The summed E-state index contributed by atoms with van der Waals surface area (Å²) >= 11 is 0. The van der Waals surface area contributed by atoms with Gasteiger partial charge in [0.15, 0.2) is 0 Å². The van der Waals surface area contributed by atoms with Crippen molar-refractivity contribution in [3.8, 4) is 11.5 Å². The third-order valence-corrected chi connectivity index (χ3v) is 5.08. The van der Waals surface area contributed by atoms with Crippen LogP contribution in [0.2, 0.25) is 0 Å². The fourth-order valence-electron chi connectivity index (χ4n) is 3.16. The summed E-state index contributed by atoms with van der Waals surface area (Å²) in [5.74, 6) is 0.558. The zero-order valence-corrected chi connectivity index (χ0v) is 18.3. The Bertz CT molecular complexity index is 940. The summed E-state index contributed by atoms with van der Waals surface area (Å²) in [4.78, 5) is 45.8. The van der Waals surface area contributed by atoms with Gasteiger partial charge in [-0.25, -0.2) is 10.0 Å². The van der Waals surface area contributed by atoms with Crippen LogP contribution in [0.1, 0.15) is 12.8 Å². The van der Waals surface area contributed by atoms with Gasteiger partial charge in [-0.2, -0.15) is 0 Å². The van der Waals surface area contributed by atoms with Crippen LogP contribution >= 0.6 is 0 Å². The fraction of sp³-hybridized carbons (Fsp3) is 0.273. The molecule has 2 aromatic carbocycles. The van der Waals surface area contributed by atoms with Crippen molar-refractivity contribution in [2.24, 2.45) is 0 Å². The van der Waals surface area contributed by atoms with Gasteiger partial charge in [-0.05, 0) is 48.5 Å². The Morgan fingerprint density at radius 3 is 1.12 bits per heavy atom. The van der Waals surface area contributed by atoms with Gasteiger partial charge >= 0.3 is 0 Å². The van der Waals surface area contributed by atoms with Crippen molar-refractivity contribution < 1.29 is 28.7 Å². The number of ether oxygens (including phenoxy) is 2. The van der Waals surface area contributed by atoms with Crippen molar-refractivity contribution in [1.82, 2.24) is 10.0 Å². The molecule has 0 aliphatic carbocycles. The molecule has 168 valence electrons. The number of anilines is 2. The monoisotopic (exact) mass is 440 g/mol. The standard InChI is InChI=1S/C17H16N2O4.C5H8N2O2/c1-22-14-7-3-12(4-8-14)18-16(20)11-17(21)19(18)13-5-9-15(23-2)10-6-13;1-6-4(8)3-5(9)7(6)2/h3-10H,11H2,1-2H3;3H2,1-2H3. The Labute approximate surface area is 185 Å². The predicted molar refractivity (Wildman–Crippen MR) is 116 cm³/mol. The Kier molecular flexibility index (Phi) is 6.62. The van der Waals surface area contributed by atoms with Crippen LogP contribution < -0.4 is 19.5 Å². The van der Waals surface area contributed by atoms with E-state index in [9.17, 15) is 19.2 Å². The zero-order valence-electron chi connectivity index (χ0n) is 18.3. The van der Waals surface area contributed by atoms with Gasteiger partial charge in [0.25, 0.3) is 11.8 Å². The van der Waals surface area contributed by atoms with Crippen LogP contribution in [0.5, 0.6) is 11.5 Å². The molecule has 10 nitrogen and oxygen atoms in total. The molecule has 0 bridgehead atoms. The van der Waals surface area contributed by atoms with Gasteiger partial charge in [0.1, 0.15) is 24.3 Å². The van der Waals surface area contributed by atoms with Crippen LogP contribution in [-0.4, -0.2) is 62.0 Å². The third kappa shape index (κ3) is 4.48. The molecular weight excluding hydrogens is 416 g/mol. The second-order valence-electron chi connectivity index (χ2n) is 7.00. The third-order valence-electron chi connectivity index (χ3n) is 5.08. The Morgan fingerprint density at radius 1 is 0.562 bits per heavy atom. The molecular formula is C22H24N4O6. The first-order valence-electron chi connectivity index (χ1n) is 9.73. The minimum Gasteiger partial charge on any atom is -0.497 e. The van der Waals surface area contributed by atoms with E-state index in [-0.39, 0.29) is 36.5 Å². The molecule has 2 aliphatic rings. The van der Waals surface area contributed by atoms with Crippen LogP contribution in [0.25, 0.3) is 0 Å². The van der Waals surface area contributed by atoms with Crippen molar-refractivity contribution in [3.63, 3.8) is 0 Å². The zero-order chi connectivity index (χ0) is 23.4. The predicted octanol–water partition coefficient (Wildman–Crippen LogP) is 1.61. The van der Waals surface area contributed by atoms with Crippen molar-refractivity contribution in [3.05, 3.63) is 48.5 Å². The lowest BCUT2D eigenvalue weighted by Gasteiger charge is -2.28. The number of hydrazine groups is 2. The van der Waals surface area contributed by atoms with Crippen molar-refractivity contribution in [2.75, 3.05) is 38.3 Å². The van der Waals surface area contributed by atoms with E-state index in [0.717, 1.165) is 0 Å². The molecule has 2 heterocycles. The first-order chi connectivity index (χ1) is 15.3. The van der Waals surface area contributed by atoms with Gasteiger partial charge in [0.05, 0.1) is 25.6 Å². The molecule has 10 heteroatoms. The summed E-state index contributed by atoms with van der Waals surface area (Å²) in [7, 11) is 6.30. The molecule has 4 amide bonds. The average molecular weight is 440 g/mol. The van der Waals surface area contributed by atoms with Crippen molar-refractivity contribution >= 4 is 35.0 Å². The number of hydrogen-bond acceptors (Lipinski definition) is 6. The smallest absolute Gasteiger partial charge is 0.255 e. The lowest BCUT2D eigenvalue weighted by Crippen LogP contribution is -2.41. The normalized spacial score (nSPS) is 15.9. The number of nitrogens with zero attached hydrogens (tertiary/aromatic N) is 4. The fourth-order valence-corrected chi connectivity index (χ4v) is 3.16. The van der Waals surface area contributed by atoms with E-state index in [1.54, 1.807) is 76.8 Å². The topological polar surface area (TPSA) is 99.7 Å². The van der Waals surface area contributed by atoms with Gasteiger partial charge in [-0.3, -0.25) is 29.2 Å². The molecule has 0 radical (unpaired) electrons. The molecule has 2 aliphatic heterocycles. The molecule has 0 spiro atoms. The second-order valence-corrected chi connectivity index (χ2v) is 7.00. The van der Waals surface area contributed by atoms with Gasteiger partial charge in [0.2, 0.25) is 11.8 Å². The van der Waals surface area contributed by atoms with Gasteiger partial charge in [0, 0.05) is 14.1 Å². The Morgan fingerprint density at radius 2 is 0.875 bits per heavy atom. The summed E-state index contributed by atoms with van der Waals surface area (Å²) in [5.41, 5.74) is 1.22. The molecule has 2 saturated heterocycles. The summed E-state index contributed by atoms with van der Waals surface area (Å²) in [5, 5.41) is 5.37. The molecule has 0 atom stereocenters. The molecule has 0 N–H and O–H groups in total. The highest BCUT2D eigenvalue weighted by atomic mass is 16.5. The minimum atomic E-state index is -0.268. The number of benzene rings is 2. The van der Waals surface area contributed by atoms with Gasteiger partial charge in [-0.1, -0.05) is 0 Å². The second kappa shape index (κ2) is 9.38. The van der Waals surface area contributed by atoms with Crippen LogP contribution in [-0.2, 0) is 19.2 Å². The molecule has 2 aromatic rings. The van der Waals surface area contributed by atoms with Crippen LogP contribution in [0.3, 0.4) is 0 Å². The molecule has 0 aromatic heterocycles. The van der Waals surface area contributed by atoms with Crippen LogP contribution in [0.15, 0.2) is 48.5 Å². The van der Waals surface area contributed by atoms with Gasteiger partial charge < -0.3 is 9.47 Å². The Balaban J connectivity index is 0.000000269. The molecule has 0 saturated carbocycles. The summed E-state index contributed by atoms with van der Waals surface area (Å²) in [6.45, 7) is 0. The lowest BCUT2D eigenvalue weighted by molar-refractivity contribution is -0.141. The number of carbonyl (C=O) groups is 4. The average Bonchev–Trinajstić information content (AvgIpc) is 3.22. The van der Waals surface area contributed by atoms with Crippen molar-refractivity contribution in [2.45, 2.75) is 12.8 Å². The van der Waals surface area contributed by atoms with E-state index < -0.39 is 0 Å². The summed E-state index contributed by atoms with van der Waals surface area (Å²) in [6.07, 6.45) is -0.134. The summed E-state index contributed by atoms with van der Waals surface area (Å²) < 4.78 is 10.2. The van der Waals surface area contributed by atoms with E-state index >= 15 is 0 Å². The first-order valence-corrected chi connectivity index (χ1v) is 9.73. The molecule has 4 rings (SSSR count). The summed E-state index contributed by atoms with van der Waals surface area (Å²) in [6, 6.07) is 14.0. The van der Waals surface area contributed by atoms with E-state index in [2.05, 4.69) is 0 Å². The number of methoxy groups -OCH3 is 2. The molecule has 0 unspecified atom stereocenters. The van der Waals surface area contributed by atoms with Crippen LogP contribution in [0, 0.1) is 0 Å². The highest BCUT2D eigenvalue weighted by Crippen LogP contribution is 2.31. The van der Waals surface area contributed by atoms with Gasteiger partial charge in [-0.15, -0.1) is 0 Å². The van der Waals surface area contributed by atoms with E-state index in [1.165, 1.54) is 20.0 Å². The largest absolute Gasteiger partial charge is 0.497 e. The molecule has 2 fully saturated rings. The number of amides is 4. The SMILES string of the molecule is CN1C(=O)CC(=O)N1C.COc1ccc(N2C(=O)CC(=O)N2c2ccc(OC)cc2)cc1. The number of rotatable bonds is 4. The highest BCUT2D eigenvalue weighted by Gasteiger charge is 2.38. The Hall–Kier alpha value is -4.08. The van der Waals surface area contributed by atoms with E-state index in [4.69, 9.17) is 9.47 Å². The number of hydrogen-bond donors (Lipinski definition) is 0.